The van der Waals surface area contributed by atoms with Gasteiger partial charge in [0.2, 0.25) is 5.91 Å². The van der Waals surface area contributed by atoms with Crippen LogP contribution in [-0.2, 0) is 10.2 Å². The maximum absolute atomic E-state index is 14.0. The normalized spacial score (nSPS) is 20.2. The highest BCUT2D eigenvalue weighted by Gasteiger charge is 2.46. The van der Waals surface area contributed by atoms with Gasteiger partial charge in [0.15, 0.2) is 0 Å². The number of anilines is 1. The van der Waals surface area contributed by atoms with Crippen LogP contribution in [0.5, 0.6) is 5.75 Å². The van der Waals surface area contributed by atoms with Crippen LogP contribution >= 0.6 is 11.6 Å². The Balaban J connectivity index is 1.17. The molecule has 0 unspecified atom stereocenters. The number of carbonyl (C=O) groups is 2. The van der Waals surface area contributed by atoms with Crippen molar-refractivity contribution >= 4 is 29.1 Å². The largest absolute Gasteiger partial charge is 0.497 e. The van der Waals surface area contributed by atoms with Crippen molar-refractivity contribution in [2.75, 3.05) is 52.3 Å². The highest BCUT2D eigenvalue weighted by molar-refractivity contribution is 6.34. The number of benzene rings is 2. The van der Waals surface area contributed by atoms with E-state index < -0.39 is 0 Å². The maximum atomic E-state index is 14.0. The first kappa shape index (κ1) is 27.8. The van der Waals surface area contributed by atoms with Crippen molar-refractivity contribution in [1.29, 1.82) is 0 Å². The Kier molecular flexibility index (Phi) is 8.41. The van der Waals surface area contributed by atoms with E-state index in [1.54, 1.807) is 26.1 Å². The molecule has 39 heavy (non-hydrogen) atoms. The van der Waals surface area contributed by atoms with Crippen LogP contribution < -0.4 is 9.64 Å². The van der Waals surface area contributed by atoms with Crippen LogP contribution in [0.25, 0.3) is 0 Å². The molecule has 3 aliphatic rings. The number of methoxy groups -OCH3 is 1. The van der Waals surface area contributed by atoms with Gasteiger partial charge in [-0.2, -0.15) is 0 Å². The third-order valence-electron chi connectivity index (χ3n) is 9.48. The molecule has 2 aromatic rings. The van der Waals surface area contributed by atoms with E-state index in [-0.39, 0.29) is 11.3 Å². The van der Waals surface area contributed by atoms with Gasteiger partial charge < -0.3 is 19.4 Å². The zero-order valence-corrected chi connectivity index (χ0v) is 24.4. The number of hydrogen-bond acceptors (Lipinski definition) is 4. The number of likely N-dealkylation sites (tertiary alicyclic amines) is 1. The van der Waals surface area contributed by atoms with Crippen LogP contribution in [0.15, 0.2) is 42.5 Å². The summed E-state index contributed by atoms with van der Waals surface area (Å²) in [4.78, 5) is 32.4. The highest BCUT2D eigenvalue weighted by atomic mass is 35.5. The molecule has 1 aliphatic carbocycles. The molecule has 2 saturated heterocycles. The lowest BCUT2D eigenvalue weighted by molar-refractivity contribution is -0.139. The van der Waals surface area contributed by atoms with E-state index >= 15 is 0 Å². The average molecular weight is 552 g/mol. The second-order valence-corrected chi connectivity index (χ2v) is 12.2. The number of rotatable bonds is 6. The quantitative estimate of drug-likeness (QED) is 0.441. The topological polar surface area (TPSA) is 53.1 Å². The number of ether oxygens (including phenoxy) is 1. The van der Waals surface area contributed by atoms with Gasteiger partial charge in [-0.05, 0) is 86.3 Å². The van der Waals surface area contributed by atoms with E-state index in [1.807, 2.05) is 30.3 Å². The first-order chi connectivity index (χ1) is 18.8. The zero-order valence-electron chi connectivity index (χ0n) is 23.6. The molecule has 2 heterocycles. The maximum Gasteiger partial charge on any atom is 0.254 e. The molecule has 2 amide bonds. The van der Waals surface area contributed by atoms with Gasteiger partial charge in [0.05, 0.1) is 23.1 Å². The van der Waals surface area contributed by atoms with E-state index in [0.717, 1.165) is 94.5 Å². The molecular weight excluding hydrogens is 510 g/mol. The van der Waals surface area contributed by atoms with Crippen LogP contribution in [-0.4, -0.2) is 69.0 Å². The summed E-state index contributed by atoms with van der Waals surface area (Å²) in [6.45, 7) is 3.74. The van der Waals surface area contributed by atoms with Gasteiger partial charge in [-0.15, -0.1) is 0 Å². The van der Waals surface area contributed by atoms with E-state index in [2.05, 4.69) is 21.9 Å². The first-order valence-corrected chi connectivity index (χ1v) is 14.9. The minimum absolute atomic E-state index is 0.0718. The lowest BCUT2D eigenvalue weighted by atomic mass is 9.75. The molecule has 210 valence electrons. The number of nitrogens with zero attached hydrogens (tertiary/aromatic N) is 3. The molecule has 7 heteroatoms. The van der Waals surface area contributed by atoms with Gasteiger partial charge in [0.1, 0.15) is 5.75 Å². The predicted octanol–water partition coefficient (Wildman–Crippen LogP) is 6.02. The van der Waals surface area contributed by atoms with Gasteiger partial charge >= 0.3 is 0 Å². The fraction of sp³-hybridized carbons (Fsp3) is 0.562. The summed E-state index contributed by atoms with van der Waals surface area (Å²) < 4.78 is 5.48. The third kappa shape index (κ3) is 5.63. The lowest BCUT2D eigenvalue weighted by Crippen LogP contribution is -2.49. The van der Waals surface area contributed by atoms with Gasteiger partial charge in [0, 0.05) is 46.0 Å². The molecule has 3 fully saturated rings. The fourth-order valence-corrected chi connectivity index (χ4v) is 7.40. The summed E-state index contributed by atoms with van der Waals surface area (Å²) in [5.74, 6) is 2.46. The predicted molar refractivity (Wildman–Crippen MR) is 157 cm³/mol. The SMILES string of the molecule is COc1cccc(C2(C(=O)N3CCC(C4CCN(c5ccc(C(=O)N(C)C)c(Cl)c5)CC4)CC3)CCCC2)c1. The fourth-order valence-electron chi connectivity index (χ4n) is 7.15. The molecule has 0 spiro atoms. The van der Waals surface area contributed by atoms with E-state index in [1.165, 1.54) is 0 Å². The van der Waals surface area contributed by atoms with Gasteiger partial charge in [-0.25, -0.2) is 0 Å². The summed E-state index contributed by atoms with van der Waals surface area (Å²) >= 11 is 6.48. The molecule has 0 bridgehead atoms. The van der Waals surface area contributed by atoms with Crippen LogP contribution in [0.4, 0.5) is 5.69 Å². The standard InChI is InChI=1S/C32H42ClN3O3/c1-34(2)30(37)28-10-9-26(22-29(28)33)35-17-11-23(12-18-35)24-13-19-36(20-14-24)31(38)32(15-4-5-16-32)25-7-6-8-27(21-25)39-3/h6-10,21-24H,4-5,11-20H2,1-3H3. The number of carbonyl (C=O) groups excluding carboxylic acids is 2. The Hall–Kier alpha value is -2.73. The Morgan fingerprint density at radius 2 is 1.56 bits per heavy atom. The number of halogens is 1. The van der Waals surface area contributed by atoms with Crippen molar-refractivity contribution in [2.45, 2.75) is 56.8 Å². The van der Waals surface area contributed by atoms with Crippen LogP contribution in [0.2, 0.25) is 5.02 Å². The van der Waals surface area contributed by atoms with Crippen LogP contribution in [0.1, 0.15) is 67.3 Å². The van der Waals surface area contributed by atoms with Crippen molar-refractivity contribution < 1.29 is 14.3 Å². The van der Waals surface area contributed by atoms with E-state index in [4.69, 9.17) is 16.3 Å². The molecule has 0 aromatic heterocycles. The Labute approximate surface area is 238 Å². The molecule has 0 radical (unpaired) electrons. The van der Waals surface area contributed by atoms with Crippen molar-refractivity contribution in [3.8, 4) is 5.75 Å². The minimum atomic E-state index is -0.388. The lowest BCUT2D eigenvalue weighted by Gasteiger charge is -2.43. The van der Waals surface area contributed by atoms with Gasteiger partial charge in [-0.3, -0.25) is 9.59 Å². The molecule has 2 aliphatic heterocycles. The molecule has 0 N–H and O–H groups in total. The summed E-state index contributed by atoms with van der Waals surface area (Å²) in [7, 11) is 5.17. The smallest absolute Gasteiger partial charge is 0.254 e. The molecular formula is C32H42ClN3O3. The number of hydrogen-bond donors (Lipinski definition) is 0. The molecule has 5 rings (SSSR count). The summed E-state index contributed by atoms with van der Waals surface area (Å²) in [6, 6.07) is 14.0. The van der Waals surface area contributed by atoms with Crippen molar-refractivity contribution in [1.82, 2.24) is 9.80 Å². The molecule has 1 saturated carbocycles. The number of piperidine rings is 2. The van der Waals surface area contributed by atoms with Crippen molar-refractivity contribution in [3.63, 3.8) is 0 Å². The number of amides is 2. The van der Waals surface area contributed by atoms with E-state index in [0.29, 0.717) is 28.3 Å². The van der Waals surface area contributed by atoms with Crippen LogP contribution in [0, 0.1) is 11.8 Å². The molecule has 2 aromatic carbocycles. The minimum Gasteiger partial charge on any atom is -0.497 e. The Morgan fingerprint density at radius 1 is 0.923 bits per heavy atom. The summed E-state index contributed by atoms with van der Waals surface area (Å²) in [5.41, 5.74) is 2.37. The summed E-state index contributed by atoms with van der Waals surface area (Å²) in [6.07, 6.45) is 8.59. The molecule has 6 nitrogen and oxygen atoms in total. The van der Waals surface area contributed by atoms with Crippen LogP contribution in [0.3, 0.4) is 0 Å². The summed E-state index contributed by atoms with van der Waals surface area (Å²) in [5, 5.41) is 0.513. The van der Waals surface area contributed by atoms with Gasteiger partial charge in [0.25, 0.3) is 5.91 Å². The Morgan fingerprint density at radius 3 is 2.15 bits per heavy atom. The van der Waals surface area contributed by atoms with E-state index in [9.17, 15) is 9.59 Å². The average Bonchev–Trinajstić information content (AvgIpc) is 3.48. The monoisotopic (exact) mass is 551 g/mol. The highest BCUT2D eigenvalue weighted by Crippen LogP contribution is 2.44. The third-order valence-corrected chi connectivity index (χ3v) is 9.79. The second kappa shape index (κ2) is 11.8. The first-order valence-electron chi connectivity index (χ1n) is 14.5. The Bertz CT molecular complexity index is 1180. The molecule has 0 atom stereocenters. The van der Waals surface area contributed by atoms with Gasteiger partial charge in [-0.1, -0.05) is 36.6 Å². The zero-order chi connectivity index (χ0) is 27.6. The second-order valence-electron chi connectivity index (χ2n) is 11.8. The van der Waals surface area contributed by atoms with Crippen molar-refractivity contribution in [3.05, 3.63) is 58.6 Å². The van der Waals surface area contributed by atoms with Crippen molar-refractivity contribution in [2.24, 2.45) is 11.8 Å².